The van der Waals surface area contributed by atoms with Gasteiger partial charge in [-0.3, -0.25) is 14.4 Å². The Kier molecular flexibility index (Phi) is 5.32. The van der Waals surface area contributed by atoms with Crippen LogP contribution in [0.25, 0.3) is 0 Å². The van der Waals surface area contributed by atoms with Crippen LogP contribution in [0.15, 0.2) is 48.5 Å². The minimum Gasteiger partial charge on any atom is -0.457 e. The lowest BCUT2D eigenvalue weighted by Gasteiger charge is -2.17. The molecular formula is C19H15ClFNO4. The van der Waals surface area contributed by atoms with Crippen LogP contribution in [-0.4, -0.2) is 30.8 Å². The minimum absolute atomic E-state index is 0.00516. The molecule has 2 aromatic carbocycles. The van der Waals surface area contributed by atoms with E-state index >= 15 is 0 Å². The lowest BCUT2D eigenvalue weighted by atomic mass is 10.1. The molecule has 26 heavy (non-hydrogen) atoms. The molecule has 7 heteroatoms. The summed E-state index contributed by atoms with van der Waals surface area (Å²) in [4.78, 5) is 37.8. The van der Waals surface area contributed by atoms with Crippen molar-refractivity contribution in [3.63, 3.8) is 0 Å². The van der Waals surface area contributed by atoms with Gasteiger partial charge in [-0.15, -0.1) is 0 Å². The van der Waals surface area contributed by atoms with Crippen molar-refractivity contribution in [1.29, 1.82) is 0 Å². The van der Waals surface area contributed by atoms with Crippen LogP contribution < -0.4 is 4.90 Å². The number of amides is 1. The highest BCUT2D eigenvalue weighted by Gasteiger charge is 2.37. The van der Waals surface area contributed by atoms with E-state index in [-0.39, 0.29) is 24.4 Å². The van der Waals surface area contributed by atoms with Crippen molar-refractivity contribution in [3.8, 4) is 0 Å². The number of halogens is 2. The highest BCUT2D eigenvalue weighted by atomic mass is 35.5. The van der Waals surface area contributed by atoms with E-state index in [1.54, 1.807) is 24.3 Å². The Morgan fingerprint density at radius 1 is 1.15 bits per heavy atom. The number of nitrogens with zero attached hydrogens (tertiary/aromatic N) is 1. The number of hydrogen-bond donors (Lipinski definition) is 0. The number of rotatable bonds is 5. The molecule has 0 saturated carbocycles. The fourth-order valence-electron chi connectivity index (χ4n) is 2.74. The largest absolute Gasteiger partial charge is 0.457 e. The Morgan fingerprint density at radius 2 is 1.85 bits per heavy atom. The SMILES string of the molecule is O=C(COC(=O)[C@@H]1CC(=O)N(c2ccccc2Cl)C1)c1ccc(F)cc1. The molecule has 1 aliphatic heterocycles. The van der Waals surface area contributed by atoms with Gasteiger partial charge in [0, 0.05) is 18.5 Å². The van der Waals surface area contributed by atoms with Gasteiger partial charge in [-0.2, -0.15) is 0 Å². The van der Waals surface area contributed by atoms with E-state index in [4.69, 9.17) is 16.3 Å². The number of anilines is 1. The van der Waals surface area contributed by atoms with Crippen LogP contribution >= 0.6 is 11.6 Å². The molecule has 0 radical (unpaired) electrons. The maximum Gasteiger partial charge on any atom is 0.311 e. The first-order valence-corrected chi connectivity index (χ1v) is 8.34. The van der Waals surface area contributed by atoms with Gasteiger partial charge in [-0.1, -0.05) is 23.7 Å². The van der Waals surface area contributed by atoms with Crippen LogP contribution in [0.4, 0.5) is 10.1 Å². The minimum atomic E-state index is -0.667. The molecule has 1 amide bonds. The van der Waals surface area contributed by atoms with Crippen molar-refractivity contribution < 1.29 is 23.5 Å². The molecule has 5 nitrogen and oxygen atoms in total. The number of Topliss-reactive ketones (excluding diaryl/α,β-unsaturated/α-hetero) is 1. The van der Waals surface area contributed by atoms with Gasteiger partial charge in [0.15, 0.2) is 12.4 Å². The average Bonchev–Trinajstić information content (AvgIpc) is 3.02. The van der Waals surface area contributed by atoms with Gasteiger partial charge >= 0.3 is 5.97 Å². The molecule has 0 N–H and O–H groups in total. The molecule has 3 rings (SSSR count). The standard InChI is InChI=1S/C19H15ClFNO4/c20-15-3-1-2-4-16(15)22-10-13(9-18(22)24)19(25)26-11-17(23)12-5-7-14(21)8-6-12/h1-8,13H,9-11H2/t13-/m1/s1. The molecule has 1 aliphatic rings. The molecule has 134 valence electrons. The highest BCUT2D eigenvalue weighted by molar-refractivity contribution is 6.33. The van der Waals surface area contributed by atoms with Gasteiger partial charge in [0.05, 0.1) is 16.6 Å². The maximum absolute atomic E-state index is 12.9. The van der Waals surface area contributed by atoms with Crippen molar-refractivity contribution in [2.24, 2.45) is 5.92 Å². The third-order valence-corrected chi connectivity index (χ3v) is 4.43. The van der Waals surface area contributed by atoms with Crippen molar-refractivity contribution in [1.82, 2.24) is 0 Å². The van der Waals surface area contributed by atoms with Crippen LogP contribution in [0.2, 0.25) is 5.02 Å². The summed E-state index contributed by atoms with van der Waals surface area (Å²) < 4.78 is 17.9. The number of para-hydroxylation sites is 1. The topological polar surface area (TPSA) is 63.7 Å². The Balaban J connectivity index is 1.59. The number of esters is 1. The Bertz CT molecular complexity index is 853. The summed E-state index contributed by atoms with van der Waals surface area (Å²) in [6.45, 7) is -0.312. The predicted molar refractivity (Wildman–Crippen MR) is 93.6 cm³/mol. The van der Waals surface area contributed by atoms with Gasteiger partial charge < -0.3 is 9.64 Å². The zero-order valence-corrected chi connectivity index (χ0v) is 14.4. The average molecular weight is 376 g/mol. The zero-order chi connectivity index (χ0) is 18.7. The first kappa shape index (κ1) is 18.1. The van der Waals surface area contributed by atoms with Crippen molar-refractivity contribution in [2.75, 3.05) is 18.1 Å². The van der Waals surface area contributed by atoms with E-state index in [9.17, 15) is 18.8 Å². The first-order valence-electron chi connectivity index (χ1n) is 7.96. The van der Waals surface area contributed by atoms with Crippen LogP contribution in [-0.2, 0) is 14.3 Å². The fraction of sp³-hybridized carbons (Fsp3) is 0.211. The Labute approximate surface area is 154 Å². The second kappa shape index (κ2) is 7.66. The fourth-order valence-corrected chi connectivity index (χ4v) is 2.98. The molecule has 0 bridgehead atoms. The quantitative estimate of drug-likeness (QED) is 0.594. The van der Waals surface area contributed by atoms with Crippen LogP contribution in [0.5, 0.6) is 0 Å². The van der Waals surface area contributed by atoms with E-state index in [0.717, 1.165) is 12.1 Å². The van der Waals surface area contributed by atoms with E-state index in [0.29, 0.717) is 10.7 Å². The summed E-state index contributed by atoms with van der Waals surface area (Å²) in [5.74, 6) is -2.42. The molecule has 1 atom stereocenters. The van der Waals surface area contributed by atoms with Crippen molar-refractivity contribution in [3.05, 3.63) is 64.9 Å². The number of benzene rings is 2. The van der Waals surface area contributed by atoms with Crippen molar-refractivity contribution >= 4 is 34.9 Å². The van der Waals surface area contributed by atoms with E-state index in [2.05, 4.69) is 0 Å². The lowest BCUT2D eigenvalue weighted by Crippen LogP contribution is -2.27. The summed E-state index contributed by atoms with van der Waals surface area (Å²) in [5, 5.41) is 0.418. The van der Waals surface area contributed by atoms with Crippen LogP contribution in [0.1, 0.15) is 16.8 Å². The molecule has 1 heterocycles. The van der Waals surface area contributed by atoms with Gasteiger partial charge in [-0.25, -0.2) is 4.39 Å². The Hall–Kier alpha value is -2.73. The molecule has 0 aromatic heterocycles. The molecular weight excluding hydrogens is 361 g/mol. The normalized spacial score (nSPS) is 16.6. The molecule has 2 aromatic rings. The van der Waals surface area contributed by atoms with E-state index < -0.39 is 30.1 Å². The summed E-state index contributed by atoms with van der Waals surface area (Å²) in [6, 6.07) is 11.8. The first-order chi connectivity index (χ1) is 12.5. The molecule has 0 spiro atoms. The van der Waals surface area contributed by atoms with Crippen molar-refractivity contribution in [2.45, 2.75) is 6.42 Å². The second-order valence-electron chi connectivity index (χ2n) is 5.89. The van der Waals surface area contributed by atoms with Gasteiger partial charge in [-0.05, 0) is 36.4 Å². The predicted octanol–water partition coefficient (Wildman–Crippen LogP) is 3.26. The van der Waals surface area contributed by atoms with E-state index in [1.165, 1.54) is 17.0 Å². The number of ketones is 1. The maximum atomic E-state index is 12.9. The summed E-state index contributed by atoms with van der Waals surface area (Å²) in [6.07, 6.45) is -0.00516. The molecule has 0 unspecified atom stereocenters. The zero-order valence-electron chi connectivity index (χ0n) is 13.7. The van der Waals surface area contributed by atoms with Crippen LogP contribution in [0, 0.1) is 11.7 Å². The highest BCUT2D eigenvalue weighted by Crippen LogP contribution is 2.31. The summed E-state index contributed by atoms with van der Waals surface area (Å²) >= 11 is 6.10. The second-order valence-corrected chi connectivity index (χ2v) is 6.30. The lowest BCUT2D eigenvalue weighted by molar-refractivity contribution is -0.147. The van der Waals surface area contributed by atoms with Crippen LogP contribution in [0.3, 0.4) is 0 Å². The third-order valence-electron chi connectivity index (χ3n) is 4.11. The monoisotopic (exact) mass is 375 g/mol. The Morgan fingerprint density at radius 3 is 2.54 bits per heavy atom. The summed E-state index contributed by atoms with van der Waals surface area (Å²) in [7, 11) is 0. The van der Waals surface area contributed by atoms with Gasteiger partial charge in [0.1, 0.15) is 5.82 Å². The smallest absolute Gasteiger partial charge is 0.311 e. The van der Waals surface area contributed by atoms with Gasteiger partial charge in [0.2, 0.25) is 5.91 Å². The molecule has 1 saturated heterocycles. The number of carbonyl (C=O) groups excluding carboxylic acids is 3. The third kappa shape index (κ3) is 3.91. The molecule has 1 fully saturated rings. The number of hydrogen-bond acceptors (Lipinski definition) is 4. The summed E-state index contributed by atoms with van der Waals surface area (Å²) in [5.41, 5.74) is 0.788. The van der Waals surface area contributed by atoms with Gasteiger partial charge in [0.25, 0.3) is 0 Å². The number of ether oxygens (including phenoxy) is 1. The van der Waals surface area contributed by atoms with E-state index in [1.807, 2.05) is 0 Å². The number of carbonyl (C=O) groups is 3. The molecule has 0 aliphatic carbocycles.